The Kier molecular flexibility index (Phi) is 17.6. The zero-order chi connectivity index (χ0) is 86.6. The molecule has 29 aromatic rings. The van der Waals surface area contributed by atoms with Gasteiger partial charge in [-0.15, -0.1) is 45.3 Å². The molecular weight excluding hydrogens is 1680 g/mol. The predicted molar refractivity (Wildman–Crippen MR) is 562 cm³/mol. The second kappa shape index (κ2) is 30.7. The normalized spacial score (nSPS) is 11.9. The Morgan fingerprint density at radius 2 is 0.439 bits per heavy atom. The summed E-state index contributed by atoms with van der Waals surface area (Å²) in [6.07, 6.45) is 1.96. The Morgan fingerprint density at radius 3 is 0.879 bits per heavy atom. The lowest BCUT2D eigenvalue weighted by Crippen LogP contribution is -1.99. The van der Waals surface area contributed by atoms with Crippen molar-refractivity contribution in [3.63, 3.8) is 0 Å². The summed E-state index contributed by atoms with van der Waals surface area (Å²) in [5, 5.41) is 29.9. The lowest BCUT2D eigenvalue weighted by Gasteiger charge is -2.16. The van der Waals surface area contributed by atoms with Gasteiger partial charge in [0.15, 0.2) is 17.5 Å². The maximum atomic E-state index is 5.55. The van der Waals surface area contributed by atoms with E-state index in [0.29, 0.717) is 17.5 Å². The van der Waals surface area contributed by atoms with Gasteiger partial charge in [0, 0.05) is 174 Å². The van der Waals surface area contributed by atoms with Crippen molar-refractivity contribution in [2.24, 2.45) is 0 Å². The first-order chi connectivity index (χ1) is 65.5. The molecule has 13 heteroatoms. The Balaban J connectivity index is 0.000000102. The molecule has 0 saturated heterocycles. The van der Waals surface area contributed by atoms with Crippen molar-refractivity contribution >= 4 is 245 Å². The van der Waals surface area contributed by atoms with E-state index >= 15 is 0 Å². The van der Waals surface area contributed by atoms with Gasteiger partial charge in [-0.05, 0) is 68.7 Å². The molecule has 0 saturated carbocycles. The molecule has 0 atom stereocenters. The first kappa shape index (κ1) is 75.7. The van der Waals surface area contributed by atoms with Crippen LogP contribution in [0.5, 0.6) is 0 Å². The number of fused-ring (bicyclic) bond motifs is 35. The number of thiophene rings is 4. The third-order valence-electron chi connectivity index (χ3n) is 26.0. The van der Waals surface area contributed by atoms with Crippen LogP contribution in [0.15, 0.2) is 407 Å². The SMILES string of the molecule is c1ccc(-c2nc(-c3nc4c5ccccc5c5c6ccccc6sc5c4c4ccccc34)nc3ccccc23)cc1.c1ccc(-c2ncc(-c3nc4c5ccccc5c5c6ccccc6sc5c4c4ccccc34)c(-c3ccccc3)n2)cc1.c1ccc2c(-c3cccc4c3sc3ccccc34)nc(-c3nc4c5ccccc5c5c6ccccc6sc5c4c4ccccc34)nc2c1. The van der Waals surface area contributed by atoms with Gasteiger partial charge in [-0.3, -0.25) is 0 Å². The average Bonchev–Trinajstić information content (AvgIpc) is 1.49. The molecule has 612 valence electrons. The Bertz CT molecular complexity index is 9900. The summed E-state index contributed by atoms with van der Waals surface area (Å²) in [4.78, 5) is 47.5. The Hall–Kier alpha value is -16.4. The summed E-state index contributed by atoms with van der Waals surface area (Å²) in [6, 6.07) is 141. The van der Waals surface area contributed by atoms with Gasteiger partial charge < -0.3 is 0 Å². The number of rotatable bonds is 7. The third-order valence-corrected chi connectivity index (χ3v) is 30.8. The van der Waals surface area contributed by atoms with E-state index in [0.717, 1.165) is 133 Å². The van der Waals surface area contributed by atoms with Gasteiger partial charge in [-0.25, -0.2) is 44.9 Å². The average molecular weight is 1750 g/mol. The van der Waals surface area contributed by atoms with Crippen LogP contribution in [0.25, 0.3) is 279 Å². The van der Waals surface area contributed by atoms with Crippen LogP contribution >= 0.6 is 45.3 Å². The summed E-state index contributed by atoms with van der Waals surface area (Å²) in [5.41, 5.74) is 15.2. The number of hydrogen-bond donors (Lipinski definition) is 0. The van der Waals surface area contributed by atoms with E-state index in [1.54, 1.807) is 0 Å². The largest absolute Gasteiger partial charge is 0.246 e. The first-order valence-electron chi connectivity index (χ1n) is 44.1. The van der Waals surface area contributed by atoms with Gasteiger partial charge in [0.05, 0.1) is 50.4 Å². The molecule has 0 unspecified atom stereocenters. The van der Waals surface area contributed by atoms with Crippen LogP contribution in [0.2, 0.25) is 0 Å². The fraction of sp³-hybridized carbons (Fsp3) is 0. The molecule has 0 aliphatic rings. The first-order valence-corrected chi connectivity index (χ1v) is 47.4. The minimum Gasteiger partial charge on any atom is -0.246 e. The molecule has 0 fully saturated rings. The highest BCUT2D eigenvalue weighted by Crippen LogP contribution is 2.53. The van der Waals surface area contributed by atoms with Crippen molar-refractivity contribution in [3.05, 3.63) is 407 Å². The standard InChI is InChI=1S/C43H23N3S2.C39H23N3S.C37H21N3S/c1-3-15-27-25(13-1)36-31-18-7-10-23-35(31)48-42(36)37-26-14-2-4-16-28(26)40(45-39(27)37)43-44-33-21-8-5-17-30(33)38(46-43)32-20-11-19-29-24-12-6-9-22-34(24)47-41(29)32;1-3-13-24(14-4-1)35-31(23-40-39(42-35)25-15-5-2-6-16-25)36-28-19-9-8-18-27(28)34-37(41-36)29-20-10-7-17-26(29)33-30-21-11-12-22-32(30)43-38(33)34;1-2-12-22(13-3-1)33-27-18-8-10-20-29(27)38-37(40-33)35-26-17-7-5-15-24(26)32-34(39-35)25-16-6-4-14-23(25)31-28-19-9-11-21-30(28)41-36(31)32/h1-23H;1-23H;1-21H. The van der Waals surface area contributed by atoms with Crippen molar-refractivity contribution in [2.45, 2.75) is 0 Å². The molecule has 29 rings (SSSR count). The summed E-state index contributed by atoms with van der Waals surface area (Å²) in [7, 11) is 0. The fourth-order valence-electron chi connectivity index (χ4n) is 20.2. The fourth-order valence-corrected chi connectivity index (χ4v) is 25.3. The lowest BCUT2D eigenvalue weighted by molar-refractivity contribution is 1.18. The van der Waals surface area contributed by atoms with Gasteiger partial charge in [0.1, 0.15) is 11.4 Å². The second-order valence-corrected chi connectivity index (χ2v) is 37.6. The monoisotopic (exact) mass is 1750 g/mol. The third kappa shape index (κ3) is 12.0. The van der Waals surface area contributed by atoms with Crippen molar-refractivity contribution in [1.82, 2.24) is 44.9 Å². The minimum atomic E-state index is 0.639. The van der Waals surface area contributed by atoms with E-state index in [2.05, 4.69) is 358 Å². The summed E-state index contributed by atoms with van der Waals surface area (Å²) in [6.45, 7) is 0. The maximum Gasteiger partial charge on any atom is 0.179 e. The molecule has 0 aliphatic carbocycles. The highest BCUT2D eigenvalue weighted by atomic mass is 32.1. The van der Waals surface area contributed by atoms with E-state index in [1.807, 2.05) is 94.0 Å². The highest BCUT2D eigenvalue weighted by molar-refractivity contribution is 7.28. The Morgan fingerprint density at radius 1 is 0.152 bits per heavy atom. The van der Waals surface area contributed by atoms with Crippen molar-refractivity contribution in [2.75, 3.05) is 0 Å². The number of benzene rings is 19. The highest BCUT2D eigenvalue weighted by Gasteiger charge is 2.28. The van der Waals surface area contributed by atoms with Crippen molar-refractivity contribution in [3.8, 4) is 79.5 Å². The van der Waals surface area contributed by atoms with E-state index < -0.39 is 0 Å². The van der Waals surface area contributed by atoms with Crippen LogP contribution in [0.3, 0.4) is 0 Å². The summed E-state index contributed by atoms with van der Waals surface area (Å²) in [5.74, 6) is 1.98. The molecule has 9 nitrogen and oxygen atoms in total. The topological polar surface area (TPSA) is 116 Å². The van der Waals surface area contributed by atoms with Gasteiger partial charge in [0.2, 0.25) is 0 Å². The smallest absolute Gasteiger partial charge is 0.179 e. The van der Waals surface area contributed by atoms with E-state index in [-0.39, 0.29) is 0 Å². The zero-order valence-corrected chi connectivity index (χ0v) is 73.6. The molecule has 19 aromatic carbocycles. The van der Waals surface area contributed by atoms with Crippen LogP contribution in [-0.4, -0.2) is 44.9 Å². The molecule has 10 heterocycles. The van der Waals surface area contributed by atoms with E-state index in [9.17, 15) is 0 Å². The number of pyridine rings is 3. The summed E-state index contributed by atoms with van der Waals surface area (Å²) >= 11 is 7.39. The molecule has 132 heavy (non-hydrogen) atoms. The van der Waals surface area contributed by atoms with Crippen LogP contribution in [-0.2, 0) is 0 Å². The number of aromatic nitrogens is 9. The van der Waals surface area contributed by atoms with Gasteiger partial charge >= 0.3 is 0 Å². The second-order valence-electron chi connectivity index (χ2n) is 33.4. The molecule has 0 spiro atoms. The van der Waals surface area contributed by atoms with Crippen LogP contribution in [0.1, 0.15) is 0 Å². The number of hydrogen-bond acceptors (Lipinski definition) is 13. The van der Waals surface area contributed by atoms with Gasteiger partial charge in [0.25, 0.3) is 0 Å². The molecule has 0 radical (unpaired) electrons. The molecule has 10 aromatic heterocycles. The maximum absolute atomic E-state index is 5.55. The summed E-state index contributed by atoms with van der Waals surface area (Å²) < 4.78 is 10.2. The minimum absolute atomic E-state index is 0.639. The van der Waals surface area contributed by atoms with E-state index in [4.69, 9.17) is 44.9 Å². The lowest BCUT2D eigenvalue weighted by atomic mass is 9.94. The number of para-hydroxylation sites is 2. The molecule has 0 N–H and O–H groups in total. The van der Waals surface area contributed by atoms with Crippen molar-refractivity contribution in [1.29, 1.82) is 0 Å². The van der Waals surface area contributed by atoms with Crippen LogP contribution in [0.4, 0.5) is 0 Å². The molecule has 0 aliphatic heterocycles. The molecule has 0 amide bonds. The van der Waals surface area contributed by atoms with Crippen molar-refractivity contribution < 1.29 is 0 Å². The van der Waals surface area contributed by atoms with Gasteiger partial charge in [-0.1, -0.05) is 364 Å². The zero-order valence-electron chi connectivity index (χ0n) is 70.3. The Labute approximate surface area is 769 Å². The molecule has 0 bridgehead atoms. The predicted octanol–water partition coefficient (Wildman–Crippen LogP) is 33.4. The van der Waals surface area contributed by atoms with Gasteiger partial charge in [-0.2, -0.15) is 0 Å². The quantitative estimate of drug-likeness (QED) is 0.144. The molecular formula is C119H67N9S4. The van der Waals surface area contributed by atoms with Crippen LogP contribution < -0.4 is 0 Å². The van der Waals surface area contributed by atoms with Crippen LogP contribution in [0, 0.1) is 0 Å². The van der Waals surface area contributed by atoms with E-state index in [1.165, 1.54) is 129 Å². The number of nitrogens with zero attached hydrogens (tertiary/aromatic N) is 9.